The molecule has 4 nitrogen and oxygen atoms in total. The first kappa shape index (κ1) is 14.3. The average Bonchev–Trinajstić information content (AvgIpc) is 2.21. The van der Waals surface area contributed by atoms with Crippen LogP contribution in [-0.4, -0.2) is 14.2 Å². The van der Waals surface area contributed by atoms with Crippen molar-refractivity contribution in [1.29, 1.82) is 0 Å². The van der Waals surface area contributed by atoms with Gasteiger partial charge in [-0.15, -0.1) is 0 Å². The summed E-state index contributed by atoms with van der Waals surface area (Å²) < 4.78 is 26.7. The second-order valence-electron chi connectivity index (χ2n) is 3.99. The number of rotatable bonds is 5. The topological polar surface area (TPSA) is 72.2 Å². The van der Waals surface area contributed by atoms with Crippen LogP contribution >= 0.6 is 15.9 Å². The van der Waals surface area contributed by atoms with Crippen LogP contribution in [0, 0.1) is 6.92 Å². The van der Waals surface area contributed by atoms with Gasteiger partial charge in [0.15, 0.2) is 0 Å². The Bertz CT molecular complexity index is 477. The van der Waals surface area contributed by atoms with E-state index in [0.29, 0.717) is 22.3 Å². The molecule has 0 bridgehead atoms. The van der Waals surface area contributed by atoms with E-state index in [4.69, 9.17) is 5.73 Å². The molecular formula is C11H17BrN2O2S. The van der Waals surface area contributed by atoms with Gasteiger partial charge in [0.1, 0.15) is 0 Å². The van der Waals surface area contributed by atoms with Crippen LogP contribution in [0.1, 0.15) is 25.3 Å². The number of sulfonamides is 1. The van der Waals surface area contributed by atoms with Crippen molar-refractivity contribution in [3.8, 4) is 0 Å². The number of nitrogens with one attached hydrogen (secondary N) is 1. The number of halogens is 1. The third kappa shape index (κ3) is 4.20. The zero-order valence-corrected chi connectivity index (χ0v) is 12.4. The Morgan fingerprint density at radius 2 is 2.06 bits per heavy atom. The van der Waals surface area contributed by atoms with Gasteiger partial charge >= 0.3 is 0 Å². The van der Waals surface area contributed by atoms with E-state index in [1.165, 1.54) is 0 Å². The number of nitrogens with two attached hydrogens (primary N) is 1. The Morgan fingerprint density at radius 3 is 2.59 bits per heavy atom. The number of unbranched alkanes of at least 4 members (excludes halogenated alkanes) is 1. The molecule has 0 atom stereocenters. The summed E-state index contributed by atoms with van der Waals surface area (Å²) >= 11 is 3.31. The van der Waals surface area contributed by atoms with Gasteiger partial charge in [-0.3, -0.25) is 4.72 Å². The zero-order chi connectivity index (χ0) is 13.1. The van der Waals surface area contributed by atoms with Crippen molar-refractivity contribution in [2.45, 2.75) is 26.7 Å². The lowest BCUT2D eigenvalue weighted by atomic mass is 10.2. The van der Waals surface area contributed by atoms with Crippen molar-refractivity contribution >= 4 is 37.3 Å². The van der Waals surface area contributed by atoms with Crippen molar-refractivity contribution in [1.82, 2.24) is 0 Å². The molecule has 0 spiro atoms. The third-order valence-electron chi connectivity index (χ3n) is 2.29. The first-order valence-corrected chi connectivity index (χ1v) is 7.86. The fraction of sp³-hybridized carbons (Fsp3) is 0.455. The number of anilines is 2. The van der Waals surface area contributed by atoms with E-state index in [1.807, 2.05) is 19.9 Å². The highest BCUT2D eigenvalue weighted by Crippen LogP contribution is 2.31. The van der Waals surface area contributed by atoms with Crippen LogP contribution in [0.25, 0.3) is 0 Å². The second-order valence-corrected chi connectivity index (χ2v) is 6.68. The number of nitrogen functional groups attached to an aromatic ring is 1. The van der Waals surface area contributed by atoms with E-state index in [9.17, 15) is 8.42 Å². The summed E-state index contributed by atoms with van der Waals surface area (Å²) in [5.41, 5.74) is 7.63. The summed E-state index contributed by atoms with van der Waals surface area (Å²) in [4.78, 5) is 0. The van der Waals surface area contributed by atoms with Gasteiger partial charge in [-0.25, -0.2) is 8.42 Å². The van der Waals surface area contributed by atoms with Gasteiger partial charge < -0.3 is 5.73 Å². The van der Waals surface area contributed by atoms with E-state index in [-0.39, 0.29) is 5.75 Å². The van der Waals surface area contributed by atoms with E-state index in [2.05, 4.69) is 20.7 Å². The third-order valence-corrected chi connectivity index (χ3v) is 4.26. The predicted molar refractivity (Wildman–Crippen MR) is 75.6 cm³/mol. The van der Waals surface area contributed by atoms with E-state index < -0.39 is 10.0 Å². The molecule has 0 saturated heterocycles. The Kier molecular flexibility index (Phi) is 4.82. The van der Waals surface area contributed by atoms with Crippen LogP contribution in [-0.2, 0) is 10.0 Å². The van der Waals surface area contributed by atoms with Gasteiger partial charge in [0.2, 0.25) is 10.0 Å². The molecule has 0 aliphatic heterocycles. The lowest BCUT2D eigenvalue weighted by molar-refractivity contribution is 0.598. The fourth-order valence-electron chi connectivity index (χ4n) is 1.42. The van der Waals surface area contributed by atoms with Crippen LogP contribution in [0.4, 0.5) is 11.4 Å². The Balaban J connectivity index is 2.96. The van der Waals surface area contributed by atoms with Gasteiger partial charge in [-0.05, 0) is 47.0 Å². The number of hydrogen-bond donors (Lipinski definition) is 2. The number of benzene rings is 1. The SMILES string of the molecule is CCCCS(=O)(=O)Nc1c(N)cc(C)cc1Br. The molecule has 96 valence electrons. The van der Waals surface area contributed by atoms with Crippen LogP contribution in [0.15, 0.2) is 16.6 Å². The molecule has 0 aromatic heterocycles. The largest absolute Gasteiger partial charge is 0.397 e. The average molecular weight is 321 g/mol. The fourth-order valence-corrected chi connectivity index (χ4v) is 3.55. The molecule has 0 fully saturated rings. The van der Waals surface area contributed by atoms with Gasteiger partial charge in [0.05, 0.1) is 17.1 Å². The van der Waals surface area contributed by atoms with E-state index >= 15 is 0 Å². The standard InChI is InChI=1S/C11H17BrN2O2S/c1-3-4-5-17(15,16)14-11-9(12)6-8(2)7-10(11)13/h6-7,14H,3-5,13H2,1-2H3. The molecule has 0 radical (unpaired) electrons. The summed E-state index contributed by atoms with van der Waals surface area (Å²) in [5.74, 6) is 0.114. The highest BCUT2D eigenvalue weighted by atomic mass is 79.9. The maximum atomic E-state index is 11.8. The molecule has 17 heavy (non-hydrogen) atoms. The molecule has 0 heterocycles. The van der Waals surface area contributed by atoms with E-state index in [0.717, 1.165) is 12.0 Å². The zero-order valence-electron chi connectivity index (χ0n) is 9.96. The highest BCUT2D eigenvalue weighted by Gasteiger charge is 2.14. The minimum Gasteiger partial charge on any atom is -0.397 e. The van der Waals surface area contributed by atoms with E-state index in [1.54, 1.807) is 6.07 Å². The lowest BCUT2D eigenvalue weighted by Crippen LogP contribution is -2.17. The van der Waals surface area contributed by atoms with Crippen molar-refractivity contribution < 1.29 is 8.42 Å². The molecule has 1 aromatic rings. The molecular weight excluding hydrogens is 304 g/mol. The molecule has 0 unspecified atom stereocenters. The molecule has 6 heteroatoms. The van der Waals surface area contributed by atoms with Crippen LogP contribution < -0.4 is 10.5 Å². The Labute approximate surface area is 111 Å². The molecule has 3 N–H and O–H groups in total. The monoisotopic (exact) mass is 320 g/mol. The molecule has 0 aliphatic rings. The Morgan fingerprint density at radius 1 is 1.41 bits per heavy atom. The lowest BCUT2D eigenvalue weighted by Gasteiger charge is -2.12. The maximum absolute atomic E-state index is 11.8. The molecule has 0 amide bonds. The second kappa shape index (κ2) is 5.73. The smallest absolute Gasteiger partial charge is 0.232 e. The molecule has 0 aliphatic carbocycles. The molecule has 1 aromatic carbocycles. The van der Waals surface area contributed by atoms with Gasteiger partial charge in [0, 0.05) is 4.47 Å². The molecule has 0 saturated carbocycles. The molecule has 1 rings (SSSR count). The van der Waals surface area contributed by atoms with Crippen molar-refractivity contribution in [3.05, 3.63) is 22.2 Å². The van der Waals surface area contributed by atoms with Gasteiger partial charge in [-0.2, -0.15) is 0 Å². The van der Waals surface area contributed by atoms with Crippen molar-refractivity contribution in [3.63, 3.8) is 0 Å². The van der Waals surface area contributed by atoms with Crippen LogP contribution in [0.3, 0.4) is 0 Å². The van der Waals surface area contributed by atoms with Crippen LogP contribution in [0.5, 0.6) is 0 Å². The minimum atomic E-state index is -3.31. The quantitative estimate of drug-likeness (QED) is 0.819. The number of hydrogen-bond acceptors (Lipinski definition) is 3. The summed E-state index contributed by atoms with van der Waals surface area (Å²) in [6, 6.07) is 3.57. The minimum absolute atomic E-state index is 0.114. The summed E-state index contributed by atoms with van der Waals surface area (Å²) in [7, 11) is -3.31. The van der Waals surface area contributed by atoms with Gasteiger partial charge in [0.25, 0.3) is 0 Å². The predicted octanol–water partition coefficient (Wildman–Crippen LogP) is 2.88. The Hall–Kier alpha value is -0.750. The van der Waals surface area contributed by atoms with Crippen molar-refractivity contribution in [2.75, 3.05) is 16.2 Å². The summed E-state index contributed by atoms with van der Waals surface area (Å²) in [6.45, 7) is 3.85. The summed E-state index contributed by atoms with van der Waals surface area (Å²) in [6.07, 6.45) is 1.48. The maximum Gasteiger partial charge on any atom is 0.232 e. The van der Waals surface area contributed by atoms with Crippen LogP contribution in [0.2, 0.25) is 0 Å². The first-order chi connectivity index (χ1) is 7.85. The van der Waals surface area contributed by atoms with Gasteiger partial charge in [-0.1, -0.05) is 13.3 Å². The normalized spacial score (nSPS) is 11.5. The first-order valence-electron chi connectivity index (χ1n) is 5.42. The summed E-state index contributed by atoms with van der Waals surface area (Å²) in [5, 5.41) is 0. The van der Waals surface area contributed by atoms with Crippen molar-refractivity contribution in [2.24, 2.45) is 0 Å². The number of aryl methyl sites for hydroxylation is 1. The highest BCUT2D eigenvalue weighted by molar-refractivity contribution is 9.10.